The fourth-order valence-electron chi connectivity index (χ4n) is 5.06. The topological polar surface area (TPSA) is 57.6 Å². The lowest BCUT2D eigenvalue weighted by molar-refractivity contribution is -0.140. The number of rotatable bonds is 2. The van der Waals surface area contributed by atoms with Gasteiger partial charge in [-0.05, 0) is 22.3 Å². The van der Waals surface area contributed by atoms with Crippen LogP contribution in [0.2, 0.25) is 0 Å². The second-order valence-corrected chi connectivity index (χ2v) is 6.82. The van der Waals surface area contributed by atoms with Crippen molar-refractivity contribution < 1.29 is 14.7 Å². The monoisotopic (exact) mass is 319 g/mol. The van der Waals surface area contributed by atoms with E-state index in [1.807, 2.05) is 24.3 Å². The van der Waals surface area contributed by atoms with Crippen molar-refractivity contribution in [2.75, 3.05) is 13.2 Å². The molecule has 4 heteroatoms. The molecule has 0 aromatic heterocycles. The Kier molecular flexibility index (Phi) is 2.77. The van der Waals surface area contributed by atoms with Gasteiger partial charge in [0.15, 0.2) is 0 Å². The van der Waals surface area contributed by atoms with E-state index in [0.29, 0.717) is 0 Å². The minimum atomic E-state index is -0.334. The van der Waals surface area contributed by atoms with Crippen LogP contribution in [0.5, 0.6) is 0 Å². The van der Waals surface area contributed by atoms with Crippen molar-refractivity contribution in [2.24, 2.45) is 11.8 Å². The Morgan fingerprint density at radius 3 is 1.46 bits per heavy atom. The average Bonchev–Trinajstić information content (AvgIpc) is 2.88. The van der Waals surface area contributed by atoms with Crippen LogP contribution >= 0.6 is 0 Å². The van der Waals surface area contributed by atoms with Gasteiger partial charge >= 0.3 is 0 Å². The van der Waals surface area contributed by atoms with E-state index in [4.69, 9.17) is 0 Å². The molecule has 4 aliphatic rings. The van der Waals surface area contributed by atoms with Gasteiger partial charge in [-0.1, -0.05) is 48.5 Å². The molecular formula is C20H17NO3. The van der Waals surface area contributed by atoms with E-state index in [1.165, 1.54) is 27.2 Å². The van der Waals surface area contributed by atoms with Crippen LogP contribution in [0.25, 0.3) is 0 Å². The van der Waals surface area contributed by atoms with Crippen molar-refractivity contribution in [1.29, 1.82) is 0 Å². The normalized spacial score (nSPS) is 29.5. The first-order valence-electron chi connectivity index (χ1n) is 8.37. The lowest BCUT2D eigenvalue weighted by Gasteiger charge is -2.45. The highest BCUT2D eigenvalue weighted by Gasteiger charge is 2.61. The summed E-state index contributed by atoms with van der Waals surface area (Å²) >= 11 is 0. The van der Waals surface area contributed by atoms with E-state index < -0.39 is 0 Å². The van der Waals surface area contributed by atoms with Crippen LogP contribution in [0.15, 0.2) is 48.5 Å². The molecule has 1 saturated heterocycles. The summed E-state index contributed by atoms with van der Waals surface area (Å²) in [5, 5.41) is 9.24. The number of nitrogens with zero attached hydrogens (tertiary/aromatic N) is 1. The van der Waals surface area contributed by atoms with Gasteiger partial charge in [0.25, 0.3) is 0 Å². The van der Waals surface area contributed by atoms with Gasteiger partial charge in [0.1, 0.15) is 0 Å². The van der Waals surface area contributed by atoms with Gasteiger partial charge in [-0.3, -0.25) is 14.5 Å². The zero-order valence-corrected chi connectivity index (χ0v) is 13.1. The van der Waals surface area contributed by atoms with Crippen LogP contribution in [0.3, 0.4) is 0 Å². The quantitative estimate of drug-likeness (QED) is 0.860. The Hall–Kier alpha value is -2.46. The van der Waals surface area contributed by atoms with Crippen molar-refractivity contribution in [3.05, 3.63) is 70.8 Å². The molecule has 0 unspecified atom stereocenters. The number of likely N-dealkylation sites (tertiary alicyclic amines) is 1. The van der Waals surface area contributed by atoms with E-state index in [0.717, 1.165) is 0 Å². The van der Waals surface area contributed by atoms with Crippen molar-refractivity contribution in [3.8, 4) is 0 Å². The third kappa shape index (κ3) is 1.52. The van der Waals surface area contributed by atoms with Crippen LogP contribution in [-0.2, 0) is 9.59 Å². The van der Waals surface area contributed by atoms with Gasteiger partial charge < -0.3 is 5.11 Å². The van der Waals surface area contributed by atoms with E-state index in [2.05, 4.69) is 24.3 Å². The van der Waals surface area contributed by atoms with Crippen molar-refractivity contribution >= 4 is 11.8 Å². The molecule has 24 heavy (non-hydrogen) atoms. The first kappa shape index (κ1) is 13.9. The summed E-state index contributed by atoms with van der Waals surface area (Å²) < 4.78 is 0. The number of carbonyl (C=O) groups is 2. The van der Waals surface area contributed by atoms with Gasteiger partial charge in [0.05, 0.1) is 25.0 Å². The molecule has 4 nitrogen and oxygen atoms in total. The second kappa shape index (κ2) is 4.77. The minimum Gasteiger partial charge on any atom is -0.395 e. The van der Waals surface area contributed by atoms with Gasteiger partial charge in [-0.15, -0.1) is 0 Å². The molecule has 2 aromatic rings. The lowest BCUT2D eigenvalue weighted by atomic mass is 9.55. The first-order chi connectivity index (χ1) is 11.7. The largest absolute Gasteiger partial charge is 0.395 e. The lowest BCUT2D eigenvalue weighted by Crippen LogP contribution is -2.41. The van der Waals surface area contributed by atoms with E-state index in [-0.39, 0.29) is 48.6 Å². The number of imide groups is 1. The van der Waals surface area contributed by atoms with Crippen LogP contribution in [0.4, 0.5) is 0 Å². The number of hydrogen-bond donors (Lipinski definition) is 1. The standard InChI is InChI=1S/C20H17NO3/c22-10-9-21-19(23)17-15-11-5-1-2-6-12(11)16(18(17)20(21)24)14-8-4-3-7-13(14)15/h1-8,15-18,22H,9-10H2/t15?,16?,17-,18+. The van der Waals surface area contributed by atoms with Crippen LogP contribution < -0.4 is 0 Å². The smallest absolute Gasteiger partial charge is 0.234 e. The zero-order valence-electron chi connectivity index (χ0n) is 13.1. The molecule has 2 bridgehead atoms. The Balaban J connectivity index is 1.77. The first-order valence-corrected chi connectivity index (χ1v) is 8.37. The van der Waals surface area contributed by atoms with Gasteiger partial charge in [0, 0.05) is 11.8 Å². The fourth-order valence-corrected chi connectivity index (χ4v) is 5.06. The predicted molar refractivity (Wildman–Crippen MR) is 87.4 cm³/mol. The number of β-amino-alcohol motifs (C(OH)–C–C–N with tert-alkyl or cyclic N) is 1. The van der Waals surface area contributed by atoms with Gasteiger partial charge in [-0.25, -0.2) is 0 Å². The number of hydrogen-bond acceptors (Lipinski definition) is 3. The Morgan fingerprint density at radius 1 is 0.750 bits per heavy atom. The molecule has 0 radical (unpaired) electrons. The maximum Gasteiger partial charge on any atom is 0.234 e. The molecule has 0 saturated carbocycles. The van der Waals surface area contributed by atoms with Crippen molar-refractivity contribution in [2.45, 2.75) is 11.8 Å². The molecule has 1 fully saturated rings. The number of amides is 2. The summed E-state index contributed by atoms with van der Waals surface area (Å²) in [5.41, 5.74) is 4.70. The molecule has 1 aliphatic heterocycles. The SMILES string of the molecule is O=C1[C@@H]2C3c4ccccc4C(c4ccccc43)[C@@H]2C(=O)N1CCO. The third-order valence-corrected chi connectivity index (χ3v) is 5.86. The highest BCUT2D eigenvalue weighted by Crippen LogP contribution is 2.60. The Bertz CT molecular complexity index is 759. The number of carbonyl (C=O) groups excluding carboxylic acids is 2. The van der Waals surface area contributed by atoms with E-state index in [1.54, 1.807) is 0 Å². The summed E-state index contributed by atoms with van der Waals surface area (Å²) in [6, 6.07) is 16.4. The van der Waals surface area contributed by atoms with Crippen molar-refractivity contribution in [1.82, 2.24) is 4.90 Å². The molecule has 1 heterocycles. The van der Waals surface area contributed by atoms with Crippen LogP contribution in [-0.4, -0.2) is 35.0 Å². The minimum absolute atomic E-state index is 0.0625. The molecule has 6 rings (SSSR count). The highest BCUT2D eigenvalue weighted by molar-refractivity contribution is 6.07. The van der Waals surface area contributed by atoms with E-state index in [9.17, 15) is 14.7 Å². The summed E-state index contributed by atoms with van der Waals surface area (Å²) in [6.07, 6.45) is 0. The average molecular weight is 319 g/mol. The Labute approximate surface area is 139 Å². The molecule has 2 amide bonds. The molecular weight excluding hydrogens is 302 g/mol. The third-order valence-electron chi connectivity index (χ3n) is 5.86. The fraction of sp³-hybridized carbons (Fsp3) is 0.300. The van der Waals surface area contributed by atoms with Gasteiger partial charge in [0.2, 0.25) is 11.8 Å². The van der Waals surface area contributed by atoms with Crippen LogP contribution in [0.1, 0.15) is 34.1 Å². The molecule has 0 spiro atoms. The molecule has 120 valence electrons. The zero-order chi connectivity index (χ0) is 16.4. The predicted octanol–water partition coefficient (Wildman–Crippen LogP) is 1.87. The summed E-state index contributed by atoms with van der Waals surface area (Å²) in [5.74, 6) is -1.05. The number of benzene rings is 2. The van der Waals surface area contributed by atoms with Gasteiger partial charge in [-0.2, -0.15) is 0 Å². The summed E-state index contributed by atoms with van der Waals surface area (Å²) in [6.45, 7) is -0.0943. The maximum atomic E-state index is 12.9. The summed E-state index contributed by atoms with van der Waals surface area (Å²) in [4.78, 5) is 27.2. The van der Waals surface area contributed by atoms with Crippen molar-refractivity contribution in [3.63, 3.8) is 0 Å². The van der Waals surface area contributed by atoms with Crippen LogP contribution in [0, 0.1) is 11.8 Å². The van der Waals surface area contributed by atoms with E-state index >= 15 is 0 Å². The Morgan fingerprint density at radius 2 is 1.12 bits per heavy atom. The molecule has 2 atom stereocenters. The molecule has 1 N–H and O–H groups in total. The summed E-state index contributed by atoms with van der Waals surface area (Å²) in [7, 11) is 0. The number of aliphatic hydroxyl groups excluding tert-OH is 1. The molecule has 2 aromatic carbocycles. The molecule has 3 aliphatic carbocycles. The maximum absolute atomic E-state index is 12.9. The number of aliphatic hydroxyl groups is 1. The second-order valence-electron chi connectivity index (χ2n) is 6.82. The highest BCUT2D eigenvalue weighted by atomic mass is 16.3.